The lowest BCUT2D eigenvalue weighted by Crippen LogP contribution is -2.65. The van der Waals surface area contributed by atoms with Gasteiger partial charge in [0.25, 0.3) is 0 Å². The molecular formula is C17H27NO4. The number of hydrogen-bond acceptors (Lipinski definition) is 4. The monoisotopic (exact) mass is 309 g/mol. The summed E-state index contributed by atoms with van der Waals surface area (Å²) >= 11 is 0. The first-order valence-corrected chi connectivity index (χ1v) is 8.20. The number of ketones is 1. The van der Waals surface area contributed by atoms with Crippen molar-refractivity contribution in [2.75, 3.05) is 13.7 Å². The minimum Gasteiger partial charge on any atom is -0.453 e. The van der Waals surface area contributed by atoms with E-state index in [4.69, 9.17) is 4.74 Å². The number of unbranched alkanes of at least 4 members (excludes halogenated alkanes) is 1. The summed E-state index contributed by atoms with van der Waals surface area (Å²) in [5, 5.41) is 9.88. The first-order valence-electron chi connectivity index (χ1n) is 8.20. The van der Waals surface area contributed by atoms with Gasteiger partial charge < -0.3 is 9.84 Å². The molecule has 22 heavy (non-hydrogen) atoms. The number of allylic oxidation sites excluding steroid dienone is 1. The first kappa shape index (κ1) is 17.0. The van der Waals surface area contributed by atoms with E-state index < -0.39 is 11.5 Å². The Bertz CT molecular complexity index is 450. The fraction of sp³-hybridized carbons (Fsp3) is 0.765. The maximum atomic E-state index is 12.8. The zero-order valence-corrected chi connectivity index (χ0v) is 13.6. The van der Waals surface area contributed by atoms with Crippen LogP contribution in [0.2, 0.25) is 0 Å². The highest BCUT2D eigenvalue weighted by Crippen LogP contribution is 2.51. The topological polar surface area (TPSA) is 66.8 Å². The minimum atomic E-state index is -0.572. The predicted molar refractivity (Wildman–Crippen MR) is 83.4 cm³/mol. The lowest BCUT2D eigenvalue weighted by Gasteiger charge is -2.50. The number of piperidine rings is 1. The van der Waals surface area contributed by atoms with Crippen molar-refractivity contribution in [2.24, 2.45) is 11.8 Å². The van der Waals surface area contributed by atoms with Crippen LogP contribution in [0, 0.1) is 11.8 Å². The van der Waals surface area contributed by atoms with Crippen molar-refractivity contribution in [3.63, 3.8) is 0 Å². The summed E-state index contributed by atoms with van der Waals surface area (Å²) in [6.45, 7) is 5.61. The number of Topliss-reactive ketones (excluding diaryl/α,β-unsaturated/α-hetero) is 1. The van der Waals surface area contributed by atoms with Gasteiger partial charge in [-0.1, -0.05) is 25.8 Å². The molecule has 4 atom stereocenters. The van der Waals surface area contributed by atoms with Gasteiger partial charge in [-0.15, -0.1) is 6.58 Å². The van der Waals surface area contributed by atoms with Gasteiger partial charge in [0.15, 0.2) is 0 Å². The van der Waals surface area contributed by atoms with E-state index in [0.29, 0.717) is 6.42 Å². The Morgan fingerprint density at radius 2 is 2.32 bits per heavy atom. The Morgan fingerprint density at radius 3 is 2.86 bits per heavy atom. The van der Waals surface area contributed by atoms with Crippen LogP contribution in [0.3, 0.4) is 0 Å². The van der Waals surface area contributed by atoms with Gasteiger partial charge in [0, 0.05) is 12.0 Å². The number of carbonyl (C=O) groups is 2. The molecule has 0 spiro atoms. The third-order valence-corrected chi connectivity index (χ3v) is 5.44. The number of nitrogens with zero attached hydrogens (tertiary/aromatic N) is 1. The van der Waals surface area contributed by atoms with Crippen LogP contribution in [0.1, 0.15) is 45.4 Å². The number of ether oxygens (including phenoxy) is 1. The third-order valence-electron chi connectivity index (χ3n) is 5.44. The number of aliphatic hydroxyl groups excluding tert-OH is 1. The number of fused-ring (bicyclic) bond motifs is 2. The molecule has 0 aromatic carbocycles. The van der Waals surface area contributed by atoms with E-state index in [-0.39, 0.29) is 30.4 Å². The van der Waals surface area contributed by atoms with E-state index in [1.165, 1.54) is 7.11 Å². The molecule has 1 amide bonds. The lowest BCUT2D eigenvalue weighted by atomic mass is 9.70. The molecule has 5 nitrogen and oxygen atoms in total. The van der Waals surface area contributed by atoms with Crippen molar-refractivity contribution in [2.45, 2.75) is 57.0 Å². The Kier molecular flexibility index (Phi) is 5.27. The largest absolute Gasteiger partial charge is 0.453 e. The molecule has 1 N–H and O–H groups in total. The summed E-state index contributed by atoms with van der Waals surface area (Å²) in [5.74, 6) is -0.700. The molecule has 2 heterocycles. The zero-order valence-electron chi connectivity index (χ0n) is 13.6. The number of aliphatic hydroxyl groups is 1. The van der Waals surface area contributed by atoms with E-state index >= 15 is 0 Å². The van der Waals surface area contributed by atoms with Gasteiger partial charge in [0.1, 0.15) is 5.78 Å². The van der Waals surface area contributed by atoms with Gasteiger partial charge in [-0.2, -0.15) is 0 Å². The molecule has 0 unspecified atom stereocenters. The van der Waals surface area contributed by atoms with Crippen molar-refractivity contribution >= 4 is 11.9 Å². The fourth-order valence-electron chi connectivity index (χ4n) is 4.44. The molecule has 2 fully saturated rings. The number of rotatable bonds is 6. The second kappa shape index (κ2) is 6.82. The van der Waals surface area contributed by atoms with Gasteiger partial charge in [0.2, 0.25) is 0 Å². The van der Waals surface area contributed by atoms with Gasteiger partial charge in [-0.25, -0.2) is 4.79 Å². The van der Waals surface area contributed by atoms with Gasteiger partial charge in [0.05, 0.1) is 25.2 Å². The van der Waals surface area contributed by atoms with Crippen LogP contribution in [0.25, 0.3) is 0 Å². The number of methoxy groups -OCH3 is 1. The average Bonchev–Trinajstić information content (AvgIpc) is 2.85. The van der Waals surface area contributed by atoms with Crippen molar-refractivity contribution < 1.29 is 19.4 Å². The molecule has 0 aromatic rings. The smallest absolute Gasteiger partial charge is 0.410 e. The van der Waals surface area contributed by atoms with Crippen LogP contribution >= 0.6 is 0 Å². The lowest BCUT2D eigenvalue weighted by molar-refractivity contribution is -0.142. The van der Waals surface area contributed by atoms with Crippen molar-refractivity contribution in [3.05, 3.63) is 12.7 Å². The molecule has 0 aromatic heterocycles. The van der Waals surface area contributed by atoms with Crippen LogP contribution in [-0.4, -0.2) is 47.2 Å². The second-order valence-corrected chi connectivity index (χ2v) is 6.42. The Labute approximate surface area is 132 Å². The Hall–Kier alpha value is -1.36. The van der Waals surface area contributed by atoms with Crippen LogP contribution in [0.5, 0.6) is 0 Å². The molecule has 124 valence electrons. The Balaban J connectivity index is 2.45. The van der Waals surface area contributed by atoms with E-state index in [1.54, 1.807) is 11.0 Å². The molecule has 2 saturated heterocycles. The van der Waals surface area contributed by atoms with E-state index in [2.05, 4.69) is 13.5 Å². The van der Waals surface area contributed by atoms with E-state index in [9.17, 15) is 14.7 Å². The molecule has 0 saturated carbocycles. The molecule has 5 heteroatoms. The van der Waals surface area contributed by atoms with Crippen LogP contribution in [-0.2, 0) is 9.53 Å². The van der Waals surface area contributed by atoms with Crippen LogP contribution in [0.4, 0.5) is 4.79 Å². The third kappa shape index (κ3) is 2.45. The minimum absolute atomic E-state index is 0.0844. The highest BCUT2D eigenvalue weighted by molar-refractivity contribution is 5.89. The molecule has 2 aliphatic heterocycles. The zero-order chi connectivity index (χ0) is 16.3. The molecule has 2 aliphatic rings. The maximum Gasteiger partial charge on any atom is 0.410 e. The molecule has 0 aliphatic carbocycles. The van der Waals surface area contributed by atoms with Gasteiger partial charge in [-0.05, 0) is 25.7 Å². The van der Waals surface area contributed by atoms with Crippen molar-refractivity contribution in [3.8, 4) is 0 Å². The normalized spacial score (nSPS) is 33.9. The number of carbonyl (C=O) groups excluding carboxylic acids is 2. The second-order valence-electron chi connectivity index (χ2n) is 6.42. The quantitative estimate of drug-likeness (QED) is 0.766. The SMILES string of the molecule is C=CC[C@H]1C(=O)[C@@H](CO)[C@@]2(CCCC)CC[C@@H]1N2C(=O)OC. The molecule has 0 radical (unpaired) electrons. The number of hydrogen-bond donors (Lipinski definition) is 1. The fourth-order valence-corrected chi connectivity index (χ4v) is 4.44. The summed E-state index contributed by atoms with van der Waals surface area (Å²) < 4.78 is 5.00. The summed E-state index contributed by atoms with van der Waals surface area (Å²) in [6, 6.07) is -0.127. The summed E-state index contributed by atoms with van der Waals surface area (Å²) in [4.78, 5) is 27.0. The van der Waals surface area contributed by atoms with Gasteiger partial charge in [-0.3, -0.25) is 9.69 Å². The first-order chi connectivity index (χ1) is 10.6. The highest BCUT2D eigenvalue weighted by atomic mass is 16.5. The molecular weight excluding hydrogens is 282 g/mol. The Morgan fingerprint density at radius 1 is 1.59 bits per heavy atom. The highest BCUT2D eigenvalue weighted by Gasteiger charge is 2.62. The van der Waals surface area contributed by atoms with Crippen molar-refractivity contribution in [1.29, 1.82) is 0 Å². The van der Waals surface area contributed by atoms with Gasteiger partial charge >= 0.3 is 6.09 Å². The standard InChI is InChI=1S/C17H27NO4/c1-4-6-9-17-10-8-14(18(17)16(21)22-3)12(7-5-2)15(20)13(17)11-19/h5,12-14,19H,2,4,6-11H2,1,3H3/t12-,13-,14+,17-/m1/s1. The summed E-state index contributed by atoms with van der Waals surface area (Å²) in [5.41, 5.74) is -0.572. The maximum absolute atomic E-state index is 12.8. The summed E-state index contributed by atoms with van der Waals surface area (Å²) in [7, 11) is 1.38. The average molecular weight is 309 g/mol. The number of amides is 1. The van der Waals surface area contributed by atoms with E-state index in [1.807, 2.05) is 0 Å². The van der Waals surface area contributed by atoms with Crippen LogP contribution < -0.4 is 0 Å². The molecule has 2 rings (SSSR count). The summed E-state index contributed by atoms with van der Waals surface area (Å²) in [6.07, 6.45) is 6.10. The van der Waals surface area contributed by atoms with Crippen LogP contribution in [0.15, 0.2) is 12.7 Å². The molecule has 2 bridgehead atoms. The van der Waals surface area contributed by atoms with E-state index in [0.717, 1.165) is 32.1 Å². The predicted octanol–water partition coefficient (Wildman–Crippen LogP) is 2.53. The van der Waals surface area contributed by atoms with Crippen molar-refractivity contribution in [1.82, 2.24) is 4.90 Å².